The van der Waals surface area contributed by atoms with E-state index in [1.54, 1.807) is 7.11 Å². The molecular formula is C22H23NO2. The summed E-state index contributed by atoms with van der Waals surface area (Å²) in [7, 11) is 1.70. The van der Waals surface area contributed by atoms with Crippen LogP contribution in [0.1, 0.15) is 16.7 Å². The van der Waals surface area contributed by atoms with Gasteiger partial charge in [-0.15, -0.1) is 0 Å². The summed E-state index contributed by atoms with van der Waals surface area (Å²) in [6, 6.07) is 26.5. The molecule has 3 nitrogen and oxygen atoms in total. The number of methoxy groups -OCH3 is 1. The van der Waals surface area contributed by atoms with E-state index in [0.29, 0.717) is 6.61 Å². The van der Waals surface area contributed by atoms with Crippen molar-refractivity contribution in [2.24, 2.45) is 0 Å². The smallest absolute Gasteiger partial charge is 0.123 e. The molecule has 0 atom stereocenters. The molecule has 128 valence electrons. The highest BCUT2D eigenvalue weighted by Gasteiger charge is 2.02. The van der Waals surface area contributed by atoms with Crippen LogP contribution in [0.15, 0.2) is 78.9 Å². The molecule has 3 aromatic rings. The van der Waals surface area contributed by atoms with E-state index < -0.39 is 0 Å². The van der Waals surface area contributed by atoms with Gasteiger partial charge in [-0.05, 0) is 29.3 Å². The first-order valence-electron chi connectivity index (χ1n) is 8.43. The highest BCUT2D eigenvalue weighted by molar-refractivity contribution is 5.33. The number of rotatable bonds is 8. The summed E-state index contributed by atoms with van der Waals surface area (Å²) in [6.45, 7) is 2.12. The van der Waals surface area contributed by atoms with Crippen LogP contribution in [-0.4, -0.2) is 7.11 Å². The lowest BCUT2D eigenvalue weighted by Crippen LogP contribution is -2.13. The molecule has 0 spiro atoms. The van der Waals surface area contributed by atoms with Gasteiger partial charge in [-0.3, -0.25) is 0 Å². The van der Waals surface area contributed by atoms with E-state index >= 15 is 0 Å². The maximum Gasteiger partial charge on any atom is 0.123 e. The molecule has 0 bridgehead atoms. The van der Waals surface area contributed by atoms with E-state index in [4.69, 9.17) is 9.47 Å². The Labute approximate surface area is 149 Å². The zero-order valence-corrected chi connectivity index (χ0v) is 14.4. The Morgan fingerprint density at radius 3 is 2.36 bits per heavy atom. The van der Waals surface area contributed by atoms with Crippen molar-refractivity contribution in [2.45, 2.75) is 19.7 Å². The topological polar surface area (TPSA) is 30.5 Å². The zero-order valence-electron chi connectivity index (χ0n) is 14.4. The van der Waals surface area contributed by atoms with Crippen LogP contribution in [-0.2, 0) is 19.7 Å². The van der Waals surface area contributed by atoms with Gasteiger partial charge < -0.3 is 14.8 Å². The predicted molar refractivity (Wildman–Crippen MR) is 101 cm³/mol. The van der Waals surface area contributed by atoms with Crippen LogP contribution in [0.2, 0.25) is 0 Å². The maximum absolute atomic E-state index is 5.89. The number of nitrogens with one attached hydrogen (secondary N) is 1. The Kier molecular flexibility index (Phi) is 6.07. The SMILES string of the molecule is COc1ccccc1CNCc1cccc(OCc2ccccc2)c1. The van der Waals surface area contributed by atoms with Crippen molar-refractivity contribution in [1.82, 2.24) is 5.32 Å². The lowest BCUT2D eigenvalue weighted by molar-refractivity contribution is 0.306. The number of para-hydroxylation sites is 1. The third-order valence-electron chi connectivity index (χ3n) is 3.98. The van der Waals surface area contributed by atoms with Crippen LogP contribution in [0, 0.1) is 0 Å². The van der Waals surface area contributed by atoms with Crippen LogP contribution in [0.4, 0.5) is 0 Å². The van der Waals surface area contributed by atoms with Gasteiger partial charge in [0, 0.05) is 18.7 Å². The van der Waals surface area contributed by atoms with E-state index in [1.807, 2.05) is 48.5 Å². The average molecular weight is 333 g/mol. The summed E-state index contributed by atoms with van der Waals surface area (Å²) < 4.78 is 11.3. The van der Waals surface area contributed by atoms with Crippen LogP contribution in [0.5, 0.6) is 11.5 Å². The van der Waals surface area contributed by atoms with Gasteiger partial charge in [-0.2, -0.15) is 0 Å². The quantitative estimate of drug-likeness (QED) is 0.655. The van der Waals surface area contributed by atoms with Gasteiger partial charge in [0.05, 0.1) is 7.11 Å². The molecule has 0 unspecified atom stereocenters. The van der Waals surface area contributed by atoms with Gasteiger partial charge in [0.15, 0.2) is 0 Å². The fourth-order valence-corrected chi connectivity index (χ4v) is 2.68. The number of ether oxygens (including phenoxy) is 2. The third kappa shape index (κ3) is 5.10. The van der Waals surface area contributed by atoms with Crippen molar-refractivity contribution in [3.8, 4) is 11.5 Å². The Bertz CT molecular complexity index is 787. The van der Waals surface area contributed by atoms with Crippen LogP contribution < -0.4 is 14.8 Å². The molecule has 3 rings (SSSR count). The van der Waals surface area contributed by atoms with E-state index in [0.717, 1.165) is 30.2 Å². The summed E-state index contributed by atoms with van der Waals surface area (Å²) in [5, 5.41) is 3.46. The van der Waals surface area contributed by atoms with Crippen LogP contribution in [0.3, 0.4) is 0 Å². The molecule has 3 aromatic carbocycles. The molecule has 0 saturated heterocycles. The van der Waals surface area contributed by atoms with Crippen molar-refractivity contribution >= 4 is 0 Å². The minimum atomic E-state index is 0.582. The summed E-state index contributed by atoms with van der Waals surface area (Å²) in [5.41, 5.74) is 3.52. The van der Waals surface area contributed by atoms with Gasteiger partial charge in [0.1, 0.15) is 18.1 Å². The Hall–Kier alpha value is -2.78. The molecule has 25 heavy (non-hydrogen) atoms. The van der Waals surface area contributed by atoms with E-state index in [9.17, 15) is 0 Å². The summed E-state index contributed by atoms with van der Waals surface area (Å²) in [6.07, 6.45) is 0. The van der Waals surface area contributed by atoms with Crippen LogP contribution >= 0.6 is 0 Å². The number of hydrogen-bond acceptors (Lipinski definition) is 3. The van der Waals surface area contributed by atoms with Crippen molar-refractivity contribution in [2.75, 3.05) is 7.11 Å². The predicted octanol–water partition coefficient (Wildman–Crippen LogP) is 4.56. The second-order valence-corrected chi connectivity index (χ2v) is 5.84. The monoisotopic (exact) mass is 333 g/mol. The second-order valence-electron chi connectivity index (χ2n) is 5.84. The van der Waals surface area contributed by atoms with Crippen molar-refractivity contribution in [3.05, 3.63) is 95.6 Å². The first-order valence-corrected chi connectivity index (χ1v) is 8.43. The van der Waals surface area contributed by atoms with Gasteiger partial charge >= 0.3 is 0 Å². The largest absolute Gasteiger partial charge is 0.496 e. The van der Waals surface area contributed by atoms with Gasteiger partial charge in [0.2, 0.25) is 0 Å². The van der Waals surface area contributed by atoms with E-state index in [-0.39, 0.29) is 0 Å². The molecule has 0 heterocycles. The maximum atomic E-state index is 5.89. The molecule has 0 aliphatic rings. The summed E-state index contributed by atoms with van der Waals surface area (Å²) in [4.78, 5) is 0. The summed E-state index contributed by atoms with van der Waals surface area (Å²) in [5.74, 6) is 1.80. The molecule has 0 aliphatic heterocycles. The highest BCUT2D eigenvalue weighted by Crippen LogP contribution is 2.18. The van der Waals surface area contributed by atoms with Crippen molar-refractivity contribution in [3.63, 3.8) is 0 Å². The molecule has 1 N–H and O–H groups in total. The van der Waals surface area contributed by atoms with Gasteiger partial charge in [-0.1, -0.05) is 60.7 Å². The normalized spacial score (nSPS) is 10.4. The van der Waals surface area contributed by atoms with E-state index in [2.05, 4.69) is 35.6 Å². The molecule has 0 fully saturated rings. The lowest BCUT2D eigenvalue weighted by Gasteiger charge is -2.11. The average Bonchev–Trinajstić information content (AvgIpc) is 2.68. The Morgan fingerprint density at radius 1 is 0.760 bits per heavy atom. The molecule has 0 aromatic heterocycles. The first-order chi connectivity index (χ1) is 12.3. The van der Waals surface area contributed by atoms with Crippen LogP contribution in [0.25, 0.3) is 0 Å². The number of hydrogen-bond donors (Lipinski definition) is 1. The highest BCUT2D eigenvalue weighted by atomic mass is 16.5. The fraction of sp³-hybridized carbons (Fsp3) is 0.182. The second kappa shape index (κ2) is 8.90. The minimum absolute atomic E-state index is 0.582. The molecule has 3 heteroatoms. The molecule has 0 saturated carbocycles. The van der Waals surface area contributed by atoms with Gasteiger partial charge in [-0.25, -0.2) is 0 Å². The standard InChI is InChI=1S/C22H23NO2/c1-24-22-13-6-5-11-20(22)16-23-15-19-10-7-12-21(14-19)25-17-18-8-3-2-4-9-18/h2-14,23H,15-17H2,1H3. The molecular weight excluding hydrogens is 310 g/mol. The number of benzene rings is 3. The molecule has 0 radical (unpaired) electrons. The van der Waals surface area contributed by atoms with Crippen molar-refractivity contribution < 1.29 is 9.47 Å². The Balaban J connectivity index is 1.53. The molecule has 0 amide bonds. The summed E-state index contributed by atoms with van der Waals surface area (Å²) >= 11 is 0. The fourth-order valence-electron chi connectivity index (χ4n) is 2.68. The minimum Gasteiger partial charge on any atom is -0.496 e. The third-order valence-corrected chi connectivity index (χ3v) is 3.98. The zero-order chi connectivity index (χ0) is 17.3. The van der Waals surface area contributed by atoms with Gasteiger partial charge in [0.25, 0.3) is 0 Å². The first kappa shape index (κ1) is 17.1. The Morgan fingerprint density at radius 2 is 1.52 bits per heavy atom. The van der Waals surface area contributed by atoms with Crippen molar-refractivity contribution in [1.29, 1.82) is 0 Å². The lowest BCUT2D eigenvalue weighted by atomic mass is 10.2. The molecule has 0 aliphatic carbocycles. The van der Waals surface area contributed by atoms with E-state index in [1.165, 1.54) is 11.1 Å².